The number of rotatable bonds is 8. The summed E-state index contributed by atoms with van der Waals surface area (Å²) in [6, 6.07) is 15.7. The number of ether oxygens (including phenoxy) is 1. The van der Waals surface area contributed by atoms with Gasteiger partial charge >= 0.3 is 0 Å². The fourth-order valence-electron chi connectivity index (χ4n) is 3.92. The van der Waals surface area contributed by atoms with Gasteiger partial charge in [-0.05, 0) is 55.3 Å². The molecule has 3 N–H and O–H groups in total. The number of nitrogens with two attached hydrogens (primary N) is 1. The quantitative estimate of drug-likeness (QED) is 0.605. The smallest absolute Gasteiger partial charge is 0.229 e. The summed E-state index contributed by atoms with van der Waals surface area (Å²) < 4.78 is 33.6. The molecule has 0 amide bonds. The molecule has 150 valence electrons. The summed E-state index contributed by atoms with van der Waals surface area (Å²) in [5.74, 6) is 0.804. The van der Waals surface area contributed by atoms with Gasteiger partial charge in [0.1, 0.15) is 5.75 Å². The SMILES string of the molecule is CCC(CCN)(c1ccc(OC)cc1)n1ccc2c(NS(C)(=O)=O)cccc21. The lowest BCUT2D eigenvalue weighted by Crippen LogP contribution is -2.36. The van der Waals surface area contributed by atoms with Crippen LogP contribution in [-0.4, -0.2) is 32.9 Å². The van der Waals surface area contributed by atoms with E-state index in [0.29, 0.717) is 12.2 Å². The number of hydrogen-bond acceptors (Lipinski definition) is 4. The monoisotopic (exact) mass is 401 g/mol. The van der Waals surface area contributed by atoms with Crippen molar-refractivity contribution in [2.75, 3.05) is 24.6 Å². The van der Waals surface area contributed by atoms with Crippen LogP contribution in [0.3, 0.4) is 0 Å². The summed E-state index contributed by atoms with van der Waals surface area (Å²) >= 11 is 0. The number of nitrogens with one attached hydrogen (secondary N) is 1. The van der Waals surface area contributed by atoms with Crippen LogP contribution in [0, 0.1) is 0 Å². The molecule has 2 aromatic carbocycles. The molecule has 6 nitrogen and oxygen atoms in total. The predicted molar refractivity (Wildman–Crippen MR) is 114 cm³/mol. The zero-order chi connectivity index (χ0) is 20.4. The van der Waals surface area contributed by atoms with Gasteiger partial charge in [-0.3, -0.25) is 4.72 Å². The van der Waals surface area contributed by atoms with Crippen LogP contribution in [0.5, 0.6) is 5.75 Å². The van der Waals surface area contributed by atoms with E-state index in [9.17, 15) is 8.42 Å². The molecule has 0 radical (unpaired) electrons. The maximum atomic E-state index is 11.7. The maximum Gasteiger partial charge on any atom is 0.229 e. The molecule has 3 rings (SSSR count). The van der Waals surface area contributed by atoms with Gasteiger partial charge < -0.3 is 15.0 Å². The lowest BCUT2D eigenvalue weighted by Gasteiger charge is -2.36. The topological polar surface area (TPSA) is 86.3 Å². The Kier molecular flexibility index (Phi) is 5.67. The number of sulfonamides is 1. The number of benzene rings is 2. The highest BCUT2D eigenvalue weighted by Gasteiger charge is 2.32. The summed E-state index contributed by atoms with van der Waals surface area (Å²) in [6.07, 6.45) is 4.76. The second-order valence-electron chi connectivity index (χ2n) is 6.95. The van der Waals surface area contributed by atoms with E-state index in [-0.39, 0.29) is 5.54 Å². The Bertz CT molecular complexity index is 1060. The van der Waals surface area contributed by atoms with Crippen LogP contribution in [-0.2, 0) is 15.6 Å². The van der Waals surface area contributed by atoms with Gasteiger partial charge in [-0.15, -0.1) is 0 Å². The molecule has 1 heterocycles. The molecule has 0 fully saturated rings. The molecule has 1 atom stereocenters. The molecule has 0 aliphatic heterocycles. The minimum absolute atomic E-state index is 0.341. The average Bonchev–Trinajstić information content (AvgIpc) is 3.11. The van der Waals surface area contributed by atoms with Gasteiger partial charge in [-0.1, -0.05) is 25.1 Å². The fraction of sp³-hybridized carbons (Fsp3) is 0.333. The highest BCUT2D eigenvalue weighted by Crippen LogP contribution is 2.38. The minimum atomic E-state index is -3.36. The molecule has 0 saturated heterocycles. The van der Waals surface area contributed by atoms with Gasteiger partial charge in [0.05, 0.1) is 30.1 Å². The van der Waals surface area contributed by atoms with E-state index in [2.05, 4.69) is 28.3 Å². The second kappa shape index (κ2) is 7.85. The van der Waals surface area contributed by atoms with Crippen LogP contribution >= 0.6 is 0 Å². The van der Waals surface area contributed by atoms with Crippen LogP contribution < -0.4 is 15.2 Å². The molecule has 1 unspecified atom stereocenters. The molecule has 0 aliphatic carbocycles. The first-order valence-corrected chi connectivity index (χ1v) is 11.2. The molecule has 1 aromatic heterocycles. The van der Waals surface area contributed by atoms with Crippen LogP contribution in [0.2, 0.25) is 0 Å². The van der Waals surface area contributed by atoms with E-state index in [1.807, 2.05) is 36.5 Å². The summed E-state index contributed by atoms with van der Waals surface area (Å²) in [6.45, 7) is 2.67. The van der Waals surface area contributed by atoms with Gasteiger partial charge in [-0.25, -0.2) is 8.42 Å². The molecule has 0 saturated carbocycles. The van der Waals surface area contributed by atoms with Gasteiger partial charge in [-0.2, -0.15) is 0 Å². The van der Waals surface area contributed by atoms with Crippen molar-refractivity contribution in [1.82, 2.24) is 4.57 Å². The van der Waals surface area contributed by atoms with Crippen molar-refractivity contribution in [3.05, 3.63) is 60.3 Å². The third-order valence-electron chi connectivity index (χ3n) is 5.26. The molecular weight excluding hydrogens is 374 g/mol. The highest BCUT2D eigenvalue weighted by molar-refractivity contribution is 7.92. The molecule has 0 aliphatic rings. The van der Waals surface area contributed by atoms with E-state index in [4.69, 9.17) is 10.5 Å². The van der Waals surface area contributed by atoms with Crippen molar-refractivity contribution in [2.24, 2.45) is 5.73 Å². The summed E-state index contributed by atoms with van der Waals surface area (Å²) in [5.41, 5.74) is 8.35. The summed E-state index contributed by atoms with van der Waals surface area (Å²) in [7, 11) is -1.71. The molecule has 0 bridgehead atoms. The number of hydrogen-bond donors (Lipinski definition) is 2. The predicted octanol–water partition coefficient (Wildman–Crippen LogP) is 3.52. The van der Waals surface area contributed by atoms with Crippen LogP contribution in [0.1, 0.15) is 25.3 Å². The third-order valence-corrected chi connectivity index (χ3v) is 5.85. The Labute approximate surface area is 166 Å². The van der Waals surface area contributed by atoms with Crippen molar-refractivity contribution in [3.63, 3.8) is 0 Å². The van der Waals surface area contributed by atoms with Crippen molar-refractivity contribution < 1.29 is 13.2 Å². The largest absolute Gasteiger partial charge is 0.497 e. The van der Waals surface area contributed by atoms with E-state index in [1.165, 1.54) is 0 Å². The number of fused-ring (bicyclic) bond motifs is 1. The van der Waals surface area contributed by atoms with Crippen LogP contribution in [0.4, 0.5) is 5.69 Å². The average molecular weight is 402 g/mol. The van der Waals surface area contributed by atoms with Crippen molar-refractivity contribution in [1.29, 1.82) is 0 Å². The Morgan fingerprint density at radius 2 is 1.86 bits per heavy atom. The number of methoxy groups -OCH3 is 1. The normalized spacial score (nSPS) is 14.0. The molecular formula is C21H27N3O3S. The third kappa shape index (κ3) is 3.72. The Hall–Kier alpha value is -2.51. The maximum absolute atomic E-state index is 11.7. The van der Waals surface area contributed by atoms with E-state index in [1.54, 1.807) is 13.2 Å². The standard InChI is InChI=1S/C21H27N3O3S/c1-4-21(13-14-22,16-8-10-17(27-2)11-9-16)24-15-12-18-19(23-28(3,25)26)6-5-7-20(18)24/h5-12,15,23H,4,13-14,22H2,1-3H3. The lowest BCUT2D eigenvalue weighted by atomic mass is 9.83. The van der Waals surface area contributed by atoms with Crippen LogP contribution in [0.25, 0.3) is 10.9 Å². The van der Waals surface area contributed by atoms with Gasteiger partial charge in [0.2, 0.25) is 10.0 Å². The van der Waals surface area contributed by atoms with Crippen molar-refractivity contribution in [2.45, 2.75) is 25.3 Å². The molecule has 0 spiro atoms. The van der Waals surface area contributed by atoms with Crippen molar-refractivity contribution in [3.8, 4) is 5.75 Å². The lowest BCUT2D eigenvalue weighted by molar-refractivity contribution is 0.329. The Balaban J connectivity index is 2.20. The Morgan fingerprint density at radius 1 is 1.14 bits per heavy atom. The highest BCUT2D eigenvalue weighted by atomic mass is 32.2. The second-order valence-corrected chi connectivity index (χ2v) is 8.70. The first-order chi connectivity index (χ1) is 13.3. The van der Waals surface area contributed by atoms with Gasteiger partial charge in [0.15, 0.2) is 0 Å². The zero-order valence-electron chi connectivity index (χ0n) is 16.5. The molecule has 7 heteroatoms. The van der Waals surface area contributed by atoms with E-state index < -0.39 is 10.0 Å². The Morgan fingerprint density at radius 3 is 2.43 bits per heavy atom. The summed E-state index contributed by atoms with van der Waals surface area (Å²) in [5, 5.41) is 0.858. The first kappa shape index (κ1) is 20.2. The molecule has 28 heavy (non-hydrogen) atoms. The van der Waals surface area contributed by atoms with Crippen molar-refractivity contribution >= 4 is 26.6 Å². The number of anilines is 1. The minimum Gasteiger partial charge on any atom is -0.497 e. The fourth-order valence-corrected chi connectivity index (χ4v) is 4.50. The number of nitrogens with zero attached hydrogens (tertiary/aromatic N) is 1. The molecule has 3 aromatic rings. The van der Waals surface area contributed by atoms with Gasteiger partial charge in [0.25, 0.3) is 0 Å². The first-order valence-electron chi connectivity index (χ1n) is 9.27. The van der Waals surface area contributed by atoms with E-state index in [0.717, 1.165) is 41.3 Å². The van der Waals surface area contributed by atoms with Crippen LogP contribution in [0.15, 0.2) is 54.7 Å². The van der Waals surface area contributed by atoms with E-state index >= 15 is 0 Å². The van der Waals surface area contributed by atoms with Gasteiger partial charge in [0, 0.05) is 11.6 Å². The zero-order valence-corrected chi connectivity index (χ0v) is 17.3. The number of aromatic nitrogens is 1. The summed E-state index contributed by atoms with van der Waals surface area (Å²) in [4.78, 5) is 0.